The summed E-state index contributed by atoms with van der Waals surface area (Å²) in [6.45, 7) is 10.5. The molecule has 0 unspecified atom stereocenters. The smallest absolute Gasteiger partial charge is 0.315 e. The molecule has 14 heteroatoms. The maximum absolute atomic E-state index is 14.9. The normalized spacial score (nSPS) is 27.4. The lowest BCUT2D eigenvalue weighted by Crippen LogP contribution is -2.65. The number of nitrogens with zero attached hydrogens (tertiary/aromatic N) is 2. The molecule has 5 rings (SSSR count). The number of rotatable bonds is 15. The largest absolute Gasteiger partial charge is 0.347 e. The molecule has 0 bridgehead atoms. The van der Waals surface area contributed by atoms with Crippen LogP contribution in [0, 0.1) is 22.7 Å². The Hall–Kier alpha value is -2.74. The molecular weight excluding hydrogens is 673 g/mol. The Morgan fingerprint density at radius 2 is 1.49 bits per heavy atom. The molecule has 51 heavy (non-hydrogen) atoms. The van der Waals surface area contributed by atoms with Gasteiger partial charge in [-0.05, 0) is 67.6 Å². The van der Waals surface area contributed by atoms with Crippen molar-refractivity contribution in [3.8, 4) is 0 Å². The van der Waals surface area contributed by atoms with Crippen molar-refractivity contribution in [3.05, 3.63) is 0 Å². The van der Waals surface area contributed by atoms with Gasteiger partial charge in [-0.25, -0.2) is 17.5 Å². The van der Waals surface area contributed by atoms with Crippen LogP contribution in [0.15, 0.2) is 0 Å². The van der Waals surface area contributed by atoms with Crippen LogP contribution >= 0.6 is 0 Å². The third-order valence-electron chi connectivity index (χ3n) is 12.9. The Bertz CT molecular complexity index is 1450. The summed E-state index contributed by atoms with van der Waals surface area (Å²) in [5.74, 6) is -2.40. The van der Waals surface area contributed by atoms with E-state index in [1.807, 2.05) is 13.8 Å². The van der Waals surface area contributed by atoms with E-state index in [2.05, 4.69) is 35.1 Å². The first-order valence-corrected chi connectivity index (χ1v) is 21.1. The molecule has 0 aromatic carbocycles. The number of Topliss-reactive ketones (excluding diaryl/α,β-unsaturated/α-hetero) is 1. The van der Waals surface area contributed by atoms with E-state index in [1.165, 1.54) is 4.31 Å². The predicted molar refractivity (Wildman–Crippen MR) is 194 cm³/mol. The second kappa shape index (κ2) is 15.3. The Balaban J connectivity index is 1.38. The molecule has 5 fully saturated rings. The van der Waals surface area contributed by atoms with Gasteiger partial charge in [-0.15, -0.1) is 0 Å². The first-order chi connectivity index (χ1) is 24.0. The van der Waals surface area contributed by atoms with Crippen molar-refractivity contribution in [2.24, 2.45) is 22.7 Å². The molecule has 0 spiro atoms. The van der Waals surface area contributed by atoms with Gasteiger partial charge < -0.3 is 26.2 Å². The first-order valence-electron chi connectivity index (χ1n) is 19.5. The number of urea groups is 1. The van der Waals surface area contributed by atoms with E-state index in [0.29, 0.717) is 38.8 Å². The lowest BCUT2D eigenvalue weighted by Gasteiger charge is -2.44. The molecular formula is C37H62N6O7S. The van der Waals surface area contributed by atoms with Gasteiger partial charge in [0.2, 0.25) is 27.6 Å². The van der Waals surface area contributed by atoms with Crippen LogP contribution < -0.4 is 21.3 Å². The van der Waals surface area contributed by atoms with Crippen LogP contribution in [0.1, 0.15) is 125 Å². The number of carbonyl (C=O) groups is 5. The number of likely N-dealkylation sites (tertiary alicyclic amines) is 1. The van der Waals surface area contributed by atoms with E-state index in [0.717, 1.165) is 64.2 Å². The van der Waals surface area contributed by atoms with Crippen LogP contribution in [-0.4, -0.2) is 103 Å². The molecule has 4 saturated carbocycles. The number of hydrogen-bond acceptors (Lipinski definition) is 7. The Kier molecular flexibility index (Phi) is 11.9. The average molecular weight is 735 g/mol. The molecule has 0 aromatic heterocycles. The molecule has 4 aliphatic carbocycles. The summed E-state index contributed by atoms with van der Waals surface area (Å²) < 4.78 is 27.8. The molecule has 5 aliphatic rings. The van der Waals surface area contributed by atoms with E-state index in [-0.39, 0.29) is 35.0 Å². The van der Waals surface area contributed by atoms with Gasteiger partial charge in [0.15, 0.2) is 0 Å². The molecule has 0 radical (unpaired) electrons. The highest BCUT2D eigenvalue weighted by Crippen LogP contribution is 2.65. The number of fused-ring (bicyclic) bond motifs is 1. The quantitative estimate of drug-likeness (QED) is 0.187. The summed E-state index contributed by atoms with van der Waals surface area (Å²) in [5.41, 5.74) is -1.72. The van der Waals surface area contributed by atoms with Gasteiger partial charge in [-0.3, -0.25) is 19.2 Å². The highest BCUT2D eigenvalue weighted by Gasteiger charge is 2.70. The van der Waals surface area contributed by atoms with Gasteiger partial charge in [0.1, 0.15) is 12.1 Å². The van der Waals surface area contributed by atoms with E-state index in [4.69, 9.17) is 0 Å². The SMILES string of the molecule is CCC[C@H](NC(=O)[C@@H]1[C@@H]2[C@H](CN1C(=O)[C@@H](NC(=O)NC1(CS(=O)(=O)N(C)CC)CCCCC1)C1(C)CCCCC1)C2(C)C)C(=O)C(=O)NC1CC1. The fourth-order valence-electron chi connectivity index (χ4n) is 9.22. The van der Waals surface area contributed by atoms with Crippen LogP contribution in [0.2, 0.25) is 0 Å². The van der Waals surface area contributed by atoms with Crippen molar-refractivity contribution in [1.82, 2.24) is 30.5 Å². The molecule has 0 aromatic rings. The number of hydrogen-bond donors (Lipinski definition) is 4. The summed E-state index contributed by atoms with van der Waals surface area (Å²) in [4.78, 5) is 70.6. The first kappa shape index (κ1) is 39.5. The highest BCUT2D eigenvalue weighted by atomic mass is 32.2. The fourth-order valence-corrected chi connectivity index (χ4v) is 10.9. The van der Waals surface area contributed by atoms with Crippen molar-refractivity contribution in [2.45, 2.75) is 154 Å². The zero-order valence-electron chi connectivity index (χ0n) is 31.6. The van der Waals surface area contributed by atoms with Crippen molar-refractivity contribution >= 4 is 39.6 Å². The maximum Gasteiger partial charge on any atom is 0.315 e. The lowest BCUT2D eigenvalue weighted by molar-refractivity contribution is -0.146. The van der Waals surface area contributed by atoms with Gasteiger partial charge >= 0.3 is 6.03 Å². The minimum atomic E-state index is -3.64. The van der Waals surface area contributed by atoms with Crippen LogP contribution in [0.4, 0.5) is 4.79 Å². The van der Waals surface area contributed by atoms with Gasteiger partial charge in [0, 0.05) is 26.2 Å². The zero-order chi connectivity index (χ0) is 37.4. The monoisotopic (exact) mass is 734 g/mol. The van der Waals surface area contributed by atoms with Gasteiger partial charge in [0.05, 0.1) is 17.3 Å². The molecule has 288 valence electrons. The average Bonchev–Trinajstić information content (AvgIpc) is 3.93. The minimum Gasteiger partial charge on any atom is -0.347 e. The Morgan fingerprint density at radius 1 is 0.882 bits per heavy atom. The predicted octanol–water partition coefficient (Wildman–Crippen LogP) is 3.22. The Morgan fingerprint density at radius 3 is 2.06 bits per heavy atom. The van der Waals surface area contributed by atoms with Crippen molar-refractivity contribution in [2.75, 3.05) is 25.9 Å². The van der Waals surface area contributed by atoms with Crippen LogP contribution in [0.25, 0.3) is 0 Å². The second-order valence-corrected chi connectivity index (χ2v) is 19.2. The molecule has 5 amide bonds. The number of piperidine rings is 1. The number of sulfonamides is 1. The van der Waals surface area contributed by atoms with Gasteiger partial charge in [-0.2, -0.15) is 0 Å². The Labute approximate surface area is 304 Å². The van der Waals surface area contributed by atoms with E-state index >= 15 is 0 Å². The van der Waals surface area contributed by atoms with Crippen LogP contribution in [0.5, 0.6) is 0 Å². The van der Waals surface area contributed by atoms with Crippen molar-refractivity contribution in [1.29, 1.82) is 0 Å². The number of carbonyl (C=O) groups excluding carboxylic acids is 5. The number of ketones is 1. The van der Waals surface area contributed by atoms with E-state index in [1.54, 1.807) is 18.9 Å². The molecule has 13 nitrogen and oxygen atoms in total. The van der Waals surface area contributed by atoms with E-state index in [9.17, 15) is 32.4 Å². The van der Waals surface area contributed by atoms with Gasteiger partial charge in [0.25, 0.3) is 5.91 Å². The summed E-state index contributed by atoms with van der Waals surface area (Å²) >= 11 is 0. The minimum absolute atomic E-state index is 0.00764. The molecule has 1 saturated heterocycles. The summed E-state index contributed by atoms with van der Waals surface area (Å²) in [5, 5.41) is 11.7. The van der Waals surface area contributed by atoms with Crippen LogP contribution in [0.3, 0.4) is 0 Å². The maximum atomic E-state index is 14.9. The zero-order valence-corrected chi connectivity index (χ0v) is 32.5. The third kappa shape index (κ3) is 8.57. The molecule has 5 atom stereocenters. The third-order valence-corrected chi connectivity index (χ3v) is 15.0. The standard InChI is InChI=1S/C37H62N6O7S/c1-7-15-26(29(44)32(46)38-24-16-17-24)39-31(45)28-27-25(35(27,3)4)22-43(28)33(47)30(36(5)18-11-9-12-19-36)40-34(48)41-37(20-13-10-14-21-37)23-51(49,50)42(6)8-2/h24-28,30H,7-23H2,1-6H3,(H,38,46)(H,39,45)(H2,40,41,48)/t25-,26-,27-,28-,30+/m0/s1. The number of amides is 5. The summed E-state index contributed by atoms with van der Waals surface area (Å²) in [6.07, 6.45) is 10.4. The van der Waals surface area contributed by atoms with Crippen LogP contribution in [-0.2, 0) is 29.2 Å². The lowest BCUT2D eigenvalue weighted by atomic mass is 9.70. The fraction of sp³-hybridized carbons (Fsp3) is 0.865. The molecule has 1 heterocycles. The molecule has 1 aliphatic heterocycles. The topological polar surface area (TPSA) is 174 Å². The highest BCUT2D eigenvalue weighted by molar-refractivity contribution is 7.89. The second-order valence-electron chi connectivity index (χ2n) is 17.1. The summed E-state index contributed by atoms with van der Waals surface area (Å²) in [7, 11) is -2.10. The van der Waals surface area contributed by atoms with Crippen molar-refractivity contribution < 1.29 is 32.4 Å². The van der Waals surface area contributed by atoms with Gasteiger partial charge in [-0.1, -0.05) is 79.6 Å². The summed E-state index contributed by atoms with van der Waals surface area (Å²) in [6, 6.07) is -3.35. The van der Waals surface area contributed by atoms with E-state index < -0.39 is 62.7 Å². The number of nitrogens with one attached hydrogen (secondary N) is 4. The van der Waals surface area contributed by atoms with Crippen molar-refractivity contribution in [3.63, 3.8) is 0 Å². The molecule has 4 N–H and O–H groups in total.